The molecule has 1 saturated heterocycles. The molecule has 2 aliphatic rings. The topological polar surface area (TPSA) is 26.3 Å². The molecule has 0 aromatic rings. The van der Waals surface area contributed by atoms with Gasteiger partial charge in [0.15, 0.2) is 0 Å². The molecule has 0 N–H and O–H groups in total. The van der Waals surface area contributed by atoms with E-state index in [2.05, 4.69) is 6.92 Å². The lowest BCUT2D eigenvalue weighted by Gasteiger charge is -2.25. The van der Waals surface area contributed by atoms with Crippen LogP contribution in [0.4, 0.5) is 0 Å². The van der Waals surface area contributed by atoms with E-state index in [1.807, 2.05) is 6.26 Å². The van der Waals surface area contributed by atoms with Crippen LogP contribution in [0, 0.1) is 0 Å². The van der Waals surface area contributed by atoms with Gasteiger partial charge in [0.05, 0.1) is 11.0 Å². The molecule has 1 aliphatic carbocycles. The van der Waals surface area contributed by atoms with Crippen molar-refractivity contribution in [2.75, 3.05) is 12.4 Å². The molecular formula is C13H22O2S. The molecule has 2 fully saturated rings. The van der Waals surface area contributed by atoms with Crippen molar-refractivity contribution in [3.05, 3.63) is 11.8 Å². The normalized spacial score (nSPS) is 34.3. The molecule has 16 heavy (non-hydrogen) atoms. The number of rotatable bonds is 4. The largest absolute Gasteiger partial charge is 0.500 e. The second-order valence-electron chi connectivity index (χ2n) is 4.98. The Morgan fingerprint density at radius 2 is 2.12 bits per heavy atom. The van der Waals surface area contributed by atoms with Crippen molar-refractivity contribution in [1.82, 2.24) is 0 Å². The molecule has 1 heterocycles. The van der Waals surface area contributed by atoms with E-state index in [0.29, 0.717) is 6.61 Å². The van der Waals surface area contributed by atoms with Gasteiger partial charge in [-0.1, -0.05) is 6.92 Å². The van der Waals surface area contributed by atoms with Crippen LogP contribution in [-0.2, 0) is 15.5 Å². The minimum absolute atomic E-state index is 0.0460. The monoisotopic (exact) mass is 242 g/mol. The Kier molecular flexibility index (Phi) is 4.06. The van der Waals surface area contributed by atoms with Crippen molar-refractivity contribution in [3.8, 4) is 0 Å². The lowest BCUT2D eigenvalue weighted by Crippen LogP contribution is -2.34. The van der Waals surface area contributed by atoms with Crippen LogP contribution in [-0.4, -0.2) is 21.3 Å². The molecule has 0 amide bonds. The molecule has 3 heteroatoms. The number of allylic oxidation sites excluding steroid dienone is 1. The summed E-state index contributed by atoms with van der Waals surface area (Å²) in [5.74, 6) is 0.869. The standard InChI is InChI=1S/C13H22O2S/c1-2-13(8-5-9-16(13)14)11-15-10-12-6-3-4-7-12/h10H,2-9,11H2,1H3. The van der Waals surface area contributed by atoms with Gasteiger partial charge in [-0.15, -0.1) is 0 Å². The zero-order valence-corrected chi connectivity index (χ0v) is 11.0. The van der Waals surface area contributed by atoms with Gasteiger partial charge >= 0.3 is 0 Å². The van der Waals surface area contributed by atoms with E-state index >= 15 is 0 Å². The van der Waals surface area contributed by atoms with Crippen molar-refractivity contribution < 1.29 is 8.95 Å². The van der Waals surface area contributed by atoms with Crippen molar-refractivity contribution in [3.63, 3.8) is 0 Å². The van der Waals surface area contributed by atoms with Gasteiger partial charge < -0.3 is 4.74 Å². The second kappa shape index (κ2) is 5.35. The van der Waals surface area contributed by atoms with Gasteiger partial charge in [0.25, 0.3) is 0 Å². The van der Waals surface area contributed by atoms with Crippen LogP contribution in [0.1, 0.15) is 51.9 Å². The highest BCUT2D eigenvalue weighted by Crippen LogP contribution is 2.33. The lowest BCUT2D eigenvalue weighted by molar-refractivity contribution is 0.201. The smallest absolute Gasteiger partial charge is 0.104 e. The third-order valence-electron chi connectivity index (χ3n) is 3.93. The SMILES string of the molecule is CCC1(COC=C2CCCC2)CCCS1=O. The average molecular weight is 242 g/mol. The van der Waals surface area contributed by atoms with E-state index in [-0.39, 0.29) is 4.75 Å². The Labute approximate surface area is 101 Å². The van der Waals surface area contributed by atoms with Gasteiger partial charge in [-0.25, -0.2) is 0 Å². The first-order valence-corrected chi connectivity index (χ1v) is 7.77. The minimum Gasteiger partial charge on any atom is -0.500 e. The summed E-state index contributed by atoms with van der Waals surface area (Å²) in [6, 6.07) is 0. The molecular weight excluding hydrogens is 220 g/mol. The molecule has 0 spiro atoms. The van der Waals surface area contributed by atoms with Gasteiger partial charge in [0.1, 0.15) is 6.61 Å². The Balaban J connectivity index is 1.87. The molecule has 0 aromatic heterocycles. The maximum absolute atomic E-state index is 12.0. The predicted octanol–water partition coefficient (Wildman–Crippen LogP) is 3.15. The summed E-state index contributed by atoms with van der Waals surface area (Å²) in [5.41, 5.74) is 1.44. The van der Waals surface area contributed by atoms with E-state index in [4.69, 9.17) is 4.74 Å². The summed E-state index contributed by atoms with van der Waals surface area (Å²) in [5, 5.41) is 0. The highest BCUT2D eigenvalue weighted by atomic mass is 32.2. The number of ether oxygens (including phenoxy) is 1. The van der Waals surface area contributed by atoms with E-state index in [9.17, 15) is 4.21 Å². The molecule has 1 aliphatic heterocycles. The number of hydrogen-bond donors (Lipinski definition) is 0. The molecule has 0 aromatic carbocycles. The molecule has 2 nitrogen and oxygen atoms in total. The Hall–Kier alpha value is -0.310. The zero-order valence-electron chi connectivity index (χ0n) is 10.2. The van der Waals surface area contributed by atoms with Gasteiger partial charge in [0, 0.05) is 16.6 Å². The highest BCUT2D eigenvalue weighted by molar-refractivity contribution is 7.86. The van der Waals surface area contributed by atoms with Crippen molar-refractivity contribution in [2.24, 2.45) is 0 Å². The fourth-order valence-electron chi connectivity index (χ4n) is 2.69. The van der Waals surface area contributed by atoms with Crippen LogP contribution in [0.15, 0.2) is 11.8 Å². The summed E-state index contributed by atoms with van der Waals surface area (Å²) in [6.45, 7) is 2.79. The average Bonchev–Trinajstić information content (AvgIpc) is 2.90. The van der Waals surface area contributed by atoms with Crippen LogP contribution in [0.5, 0.6) is 0 Å². The van der Waals surface area contributed by atoms with Crippen LogP contribution >= 0.6 is 0 Å². The van der Waals surface area contributed by atoms with Crippen molar-refractivity contribution in [1.29, 1.82) is 0 Å². The minimum atomic E-state index is -0.677. The van der Waals surface area contributed by atoms with Crippen molar-refractivity contribution in [2.45, 2.75) is 56.6 Å². The first-order chi connectivity index (χ1) is 7.77. The Morgan fingerprint density at radius 1 is 1.38 bits per heavy atom. The maximum atomic E-state index is 12.0. The molecule has 2 unspecified atom stereocenters. The van der Waals surface area contributed by atoms with Gasteiger partial charge in [-0.2, -0.15) is 0 Å². The zero-order chi connectivity index (χ0) is 11.4. The first kappa shape index (κ1) is 12.2. The fraction of sp³-hybridized carbons (Fsp3) is 0.846. The summed E-state index contributed by atoms with van der Waals surface area (Å²) < 4.78 is 17.6. The van der Waals surface area contributed by atoms with Gasteiger partial charge in [0.2, 0.25) is 0 Å². The summed E-state index contributed by atoms with van der Waals surface area (Å²) in [6.07, 6.45) is 10.1. The molecule has 1 saturated carbocycles. The fourth-order valence-corrected chi connectivity index (χ4v) is 4.42. The third-order valence-corrected chi connectivity index (χ3v) is 6.17. The van der Waals surface area contributed by atoms with Crippen LogP contribution in [0.2, 0.25) is 0 Å². The molecule has 92 valence electrons. The van der Waals surface area contributed by atoms with E-state index in [1.165, 1.54) is 31.3 Å². The Morgan fingerprint density at radius 3 is 2.69 bits per heavy atom. The molecule has 0 radical (unpaired) electrons. The summed E-state index contributed by atoms with van der Waals surface area (Å²) in [4.78, 5) is 0. The highest BCUT2D eigenvalue weighted by Gasteiger charge is 2.39. The van der Waals surface area contributed by atoms with Crippen LogP contribution in [0.3, 0.4) is 0 Å². The van der Waals surface area contributed by atoms with Gasteiger partial charge in [-0.05, 0) is 50.5 Å². The van der Waals surface area contributed by atoms with Crippen LogP contribution in [0.25, 0.3) is 0 Å². The third kappa shape index (κ3) is 2.50. The van der Waals surface area contributed by atoms with Crippen LogP contribution < -0.4 is 0 Å². The lowest BCUT2D eigenvalue weighted by atomic mass is 10.0. The predicted molar refractivity (Wildman–Crippen MR) is 67.8 cm³/mol. The van der Waals surface area contributed by atoms with Gasteiger partial charge in [-0.3, -0.25) is 4.21 Å². The Bertz CT molecular complexity index is 290. The molecule has 0 bridgehead atoms. The van der Waals surface area contributed by atoms with E-state index < -0.39 is 10.8 Å². The van der Waals surface area contributed by atoms with E-state index in [1.54, 1.807) is 0 Å². The first-order valence-electron chi connectivity index (χ1n) is 6.45. The number of hydrogen-bond acceptors (Lipinski definition) is 2. The molecule has 2 atom stereocenters. The molecule has 2 rings (SSSR count). The summed E-state index contributed by atoms with van der Waals surface area (Å²) in [7, 11) is -0.677. The second-order valence-corrected chi connectivity index (χ2v) is 6.95. The van der Waals surface area contributed by atoms with Crippen molar-refractivity contribution >= 4 is 10.8 Å². The summed E-state index contributed by atoms with van der Waals surface area (Å²) >= 11 is 0. The quantitative estimate of drug-likeness (QED) is 0.708. The maximum Gasteiger partial charge on any atom is 0.104 e. The van der Waals surface area contributed by atoms with E-state index in [0.717, 1.165) is 25.0 Å².